The SMILES string of the molecule is CCc1nc2cccc(C(=O)O)c2n1Cc1ccoc1. The fourth-order valence-corrected chi connectivity index (χ4v) is 2.41. The highest BCUT2D eigenvalue weighted by molar-refractivity contribution is 6.01. The lowest BCUT2D eigenvalue weighted by molar-refractivity contribution is 0.0698. The van der Waals surface area contributed by atoms with Crippen molar-refractivity contribution in [1.82, 2.24) is 9.55 Å². The molecule has 0 aliphatic heterocycles. The molecule has 0 bridgehead atoms. The van der Waals surface area contributed by atoms with Crippen LogP contribution in [0.2, 0.25) is 0 Å². The molecule has 1 N–H and O–H groups in total. The van der Waals surface area contributed by atoms with Crippen LogP contribution < -0.4 is 0 Å². The predicted molar refractivity (Wildman–Crippen MR) is 73.9 cm³/mol. The smallest absolute Gasteiger partial charge is 0.337 e. The van der Waals surface area contributed by atoms with Crippen molar-refractivity contribution in [3.8, 4) is 0 Å². The van der Waals surface area contributed by atoms with Crippen molar-refractivity contribution < 1.29 is 14.3 Å². The molecule has 0 aliphatic rings. The Hall–Kier alpha value is -2.56. The minimum atomic E-state index is -0.938. The lowest BCUT2D eigenvalue weighted by atomic mass is 10.2. The third-order valence-electron chi connectivity index (χ3n) is 3.31. The molecule has 0 atom stereocenters. The van der Waals surface area contributed by atoms with Crippen molar-refractivity contribution in [3.05, 3.63) is 53.7 Å². The number of furan rings is 1. The molecule has 3 aromatic rings. The second-order valence-corrected chi connectivity index (χ2v) is 4.58. The molecule has 0 aliphatic carbocycles. The van der Waals surface area contributed by atoms with Crippen LogP contribution in [0.15, 0.2) is 41.2 Å². The number of hydrogen-bond acceptors (Lipinski definition) is 3. The molecular formula is C15H14N2O3. The van der Waals surface area contributed by atoms with E-state index in [4.69, 9.17) is 4.42 Å². The maximum atomic E-state index is 11.4. The fraction of sp³-hybridized carbons (Fsp3) is 0.200. The summed E-state index contributed by atoms with van der Waals surface area (Å²) in [6.45, 7) is 2.56. The summed E-state index contributed by atoms with van der Waals surface area (Å²) >= 11 is 0. The highest BCUT2D eigenvalue weighted by Crippen LogP contribution is 2.22. The molecule has 0 fully saturated rings. The Morgan fingerprint density at radius 3 is 2.90 bits per heavy atom. The van der Waals surface area contributed by atoms with Gasteiger partial charge in [-0.2, -0.15) is 0 Å². The monoisotopic (exact) mass is 270 g/mol. The van der Waals surface area contributed by atoms with Crippen LogP contribution in [0.3, 0.4) is 0 Å². The summed E-state index contributed by atoms with van der Waals surface area (Å²) in [5.74, 6) is -0.0681. The minimum Gasteiger partial charge on any atom is -0.478 e. The quantitative estimate of drug-likeness (QED) is 0.791. The van der Waals surface area contributed by atoms with Crippen molar-refractivity contribution in [2.45, 2.75) is 19.9 Å². The first-order valence-corrected chi connectivity index (χ1v) is 6.43. The Morgan fingerprint density at radius 2 is 2.25 bits per heavy atom. The number of hydrogen-bond donors (Lipinski definition) is 1. The summed E-state index contributed by atoms with van der Waals surface area (Å²) in [5.41, 5.74) is 2.64. The van der Waals surface area contributed by atoms with E-state index in [0.29, 0.717) is 17.6 Å². The van der Waals surface area contributed by atoms with Crippen LogP contribution in [0, 0.1) is 0 Å². The van der Waals surface area contributed by atoms with E-state index in [-0.39, 0.29) is 5.56 Å². The molecular weight excluding hydrogens is 256 g/mol. The summed E-state index contributed by atoms with van der Waals surface area (Å²) in [7, 11) is 0. The van der Waals surface area contributed by atoms with Crippen molar-refractivity contribution in [3.63, 3.8) is 0 Å². The summed E-state index contributed by atoms with van der Waals surface area (Å²) in [6, 6.07) is 7.04. The molecule has 5 heteroatoms. The zero-order chi connectivity index (χ0) is 14.1. The van der Waals surface area contributed by atoms with Crippen molar-refractivity contribution in [2.75, 3.05) is 0 Å². The average molecular weight is 270 g/mol. The Labute approximate surface area is 115 Å². The molecule has 5 nitrogen and oxygen atoms in total. The van der Waals surface area contributed by atoms with Gasteiger partial charge in [0.05, 0.1) is 35.7 Å². The van der Waals surface area contributed by atoms with Gasteiger partial charge in [0.1, 0.15) is 5.82 Å². The molecule has 0 unspecified atom stereocenters. The molecule has 0 amide bonds. The molecule has 0 spiro atoms. The second-order valence-electron chi connectivity index (χ2n) is 4.58. The fourth-order valence-electron chi connectivity index (χ4n) is 2.41. The zero-order valence-corrected chi connectivity index (χ0v) is 11.0. The average Bonchev–Trinajstić information content (AvgIpc) is 3.06. The lowest BCUT2D eigenvalue weighted by Gasteiger charge is -2.08. The Balaban J connectivity index is 2.24. The normalized spacial score (nSPS) is 11.1. The highest BCUT2D eigenvalue weighted by Gasteiger charge is 2.17. The zero-order valence-electron chi connectivity index (χ0n) is 11.0. The first-order valence-electron chi connectivity index (χ1n) is 6.43. The van der Waals surface area contributed by atoms with E-state index < -0.39 is 5.97 Å². The molecule has 1 aromatic carbocycles. The molecule has 2 aromatic heterocycles. The number of rotatable bonds is 4. The minimum absolute atomic E-state index is 0.276. The van der Waals surface area contributed by atoms with Crippen LogP contribution in [-0.4, -0.2) is 20.6 Å². The van der Waals surface area contributed by atoms with Crippen LogP contribution in [0.25, 0.3) is 11.0 Å². The number of aromatic carboxylic acids is 1. The third-order valence-corrected chi connectivity index (χ3v) is 3.31. The molecule has 0 saturated heterocycles. The van der Waals surface area contributed by atoms with E-state index in [1.807, 2.05) is 23.6 Å². The Morgan fingerprint density at radius 1 is 1.40 bits per heavy atom. The first-order chi connectivity index (χ1) is 9.70. The number of carboxylic acids is 1. The molecule has 2 heterocycles. The molecule has 102 valence electrons. The van der Waals surface area contributed by atoms with E-state index in [0.717, 1.165) is 17.8 Å². The van der Waals surface area contributed by atoms with Gasteiger partial charge in [-0.05, 0) is 18.2 Å². The van der Waals surface area contributed by atoms with E-state index in [1.165, 1.54) is 0 Å². The van der Waals surface area contributed by atoms with Crippen LogP contribution >= 0.6 is 0 Å². The summed E-state index contributed by atoms with van der Waals surface area (Å²) in [6.07, 6.45) is 4.01. The van der Waals surface area contributed by atoms with Crippen molar-refractivity contribution in [2.24, 2.45) is 0 Å². The number of carbonyl (C=O) groups is 1. The number of imidazole rings is 1. The maximum absolute atomic E-state index is 11.4. The molecule has 0 saturated carbocycles. The van der Waals surface area contributed by atoms with Crippen molar-refractivity contribution >= 4 is 17.0 Å². The van der Waals surface area contributed by atoms with E-state index in [2.05, 4.69) is 4.98 Å². The van der Waals surface area contributed by atoms with Gasteiger partial charge >= 0.3 is 5.97 Å². The van der Waals surface area contributed by atoms with Crippen LogP contribution in [-0.2, 0) is 13.0 Å². The maximum Gasteiger partial charge on any atom is 0.337 e. The van der Waals surface area contributed by atoms with Gasteiger partial charge < -0.3 is 14.1 Å². The highest BCUT2D eigenvalue weighted by atomic mass is 16.4. The summed E-state index contributed by atoms with van der Waals surface area (Å²) < 4.78 is 7.02. The van der Waals surface area contributed by atoms with Gasteiger partial charge in [-0.25, -0.2) is 9.78 Å². The number of aryl methyl sites for hydroxylation is 1. The van der Waals surface area contributed by atoms with Gasteiger partial charge in [-0.15, -0.1) is 0 Å². The lowest BCUT2D eigenvalue weighted by Crippen LogP contribution is -2.07. The summed E-state index contributed by atoms with van der Waals surface area (Å²) in [4.78, 5) is 15.9. The van der Waals surface area contributed by atoms with Crippen LogP contribution in [0.1, 0.15) is 28.7 Å². The Bertz CT molecular complexity index is 757. The van der Waals surface area contributed by atoms with Gasteiger partial charge in [-0.3, -0.25) is 0 Å². The van der Waals surface area contributed by atoms with Gasteiger partial charge in [0.25, 0.3) is 0 Å². The second kappa shape index (κ2) is 4.85. The largest absolute Gasteiger partial charge is 0.478 e. The number of nitrogens with zero attached hydrogens (tertiary/aromatic N) is 2. The van der Waals surface area contributed by atoms with Gasteiger partial charge in [0.2, 0.25) is 0 Å². The van der Waals surface area contributed by atoms with Gasteiger partial charge in [0.15, 0.2) is 0 Å². The van der Waals surface area contributed by atoms with Crippen molar-refractivity contribution in [1.29, 1.82) is 0 Å². The predicted octanol–water partition coefficient (Wildman–Crippen LogP) is 2.94. The summed E-state index contributed by atoms with van der Waals surface area (Å²) in [5, 5.41) is 9.36. The third kappa shape index (κ3) is 1.97. The number of carboxylic acid groups (broad SMARTS) is 1. The van der Waals surface area contributed by atoms with Crippen LogP contribution in [0.5, 0.6) is 0 Å². The number of aromatic nitrogens is 2. The van der Waals surface area contributed by atoms with Gasteiger partial charge in [-0.1, -0.05) is 13.0 Å². The number of benzene rings is 1. The number of fused-ring (bicyclic) bond motifs is 1. The Kier molecular flexibility index (Phi) is 3.02. The number of para-hydroxylation sites is 1. The molecule has 0 radical (unpaired) electrons. The topological polar surface area (TPSA) is 68.3 Å². The van der Waals surface area contributed by atoms with E-state index in [1.54, 1.807) is 24.7 Å². The van der Waals surface area contributed by atoms with E-state index >= 15 is 0 Å². The standard InChI is InChI=1S/C15H14N2O3/c1-2-13-16-12-5-3-4-11(15(18)19)14(12)17(13)8-10-6-7-20-9-10/h3-7,9H,2,8H2,1H3,(H,18,19). The molecule has 20 heavy (non-hydrogen) atoms. The van der Waals surface area contributed by atoms with E-state index in [9.17, 15) is 9.90 Å². The molecule has 3 rings (SSSR count). The first kappa shape index (κ1) is 12.5. The van der Waals surface area contributed by atoms with Crippen LogP contribution in [0.4, 0.5) is 0 Å². The van der Waals surface area contributed by atoms with Gasteiger partial charge in [0, 0.05) is 12.0 Å².